The Balaban J connectivity index is 1.59. The predicted molar refractivity (Wildman–Crippen MR) is 123 cm³/mol. The van der Waals surface area contributed by atoms with Gasteiger partial charge < -0.3 is 19.5 Å². The van der Waals surface area contributed by atoms with Crippen molar-refractivity contribution in [2.24, 2.45) is 0 Å². The van der Waals surface area contributed by atoms with Crippen LogP contribution in [0.1, 0.15) is 6.42 Å². The maximum Gasteiger partial charge on any atom is 0.408 e. The lowest BCUT2D eigenvalue weighted by molar-refractivity contribution is -0.160. The molecule has 11 nitrogen and oxygen atoms in total. The maximum atomic E-state index is 13.0. The summed E-state index contributed by atoms with van der Waals surface area (Å²) in [5.74, 6) is -1.05. The predicted octanol–water partition coefficient (Wildman–Crippen LogP) is 1.21. The van der Waals surface area contributed by atoms with Crippen LogP contribution in [0, 0.1) is 0 Å². The van der Waals surface area contributed by atoms with Gasteiger partial charge in [0.25, 0.3) is 11.8 Å². The number of allylic oxidation sites excluding steroid dienone is 1. The number of fused-ring (bicyclic) bond motifs is 1. The van der Waals surface area contributed by atoms with E-state index < -0.39 is 30.1 Å². The number of carbonyl (C=O) groups is 4. The van der Waals surface area contributed by atoms with E-state index in [2.05, 4.69) is 23.5 Å². The number of nitrogens with zero attached hydrogens (tertiary/aromatic N) is 3. The van der Waals surface area contributed by atoms with E-state index in [1.54, 1.807) is 24.4 Å². The first-order valence-corrected chi connectivity index (χ1v) is 10.9. The molecule has 1 N–H and O–H groups in total. The fourth-order valence-corrected chi connectivity index (χ4v) is 3.97. The first kappa shape index (κ1) is 23.7. The van der Waals surface area contributed by atoms with E-state index in [9.17, 15) is 19.2 Å². The molecule has 35 heavy (non-hydrogen) atoms. The Kier molecular flexibility index (Phi) is 6.95. The first-order valence-electron chi connectivity index (χ1n) is 10.9. The van der Waals surface area contributed by atoms with Crippen molar-refractivity contribution in [3.8, 4) is 0 Å². The fourth-order valence-electron chi connectivity index (χ4n) is 3.97. The molecule has 0 unspecified atom stereocenters. The highest BCUT2D eigenvalue weighted by atomic mass is 16.6. The quantitative estimate of drug-likeness (QED) is 0.255. The van der Waals surface area contributed by atoms with Gasteiger partial charge in [0, 0.05) is 18.3 Å². The number of hydrogen-bond donors (Lipinski definition) is 1. The van der Waals surface area contributed by atoms with Crippen LogP contribution in [0.4, 0.5) is 10.6 Å². The van der Waals surface area contributed by atoms with Gasteiger partial charge in [-0.3, -0.25) is 19.4 Å². The van der Waals surface area contributed by atoms with E-state index >= 15 is 0 Å². The lowest BCUT2D eigenvalue weighted by Gasteiger charge is -2.49. The molecule has 0 radical (unpaired) electrons. The zero-order chi connectivity index (χ0) is 24.9. The third kappa shape index (κ3) is 4.65. The summed E-state index contributed by atoms with van der Waals surface area (Å²) < 4.78 is 15.8. The van der Waals surface area contributed by atoms with Crippen molar-refractivity contribution in [2.45, 2.75) is 18.5 Å². The van der Waals surface area contributed by atoms with Crippen LogP contribution in [0.2, 0.25) is 0 Å². The zero-order valence-electron chi connectivity index (χ0n) is 18.8. The largest absolute Gasteiger partial charge is 0.489 e. The fraction of sp³-hybridized carbons (Fsp3) is 0.292. The van der Waals surface area contributed by atoms with E-state index in [1.165, 1.54) is 28.0 Å². The van der Waals surface area contributed by atoms with Crippen molar-refractivity contribution in [1.82, 2.24) is 15.2 Å². The number of alkyl carbamates (subject to hydrolysis) is 1. The number of aromatic nitrogens is 1. The van der Waals surface area contributed by atoms with Gasteiger partial charge in [0.1, 0.15) is 37.7 Å². The van der Waals surface area contributed by atoms with Crippen molar-refractivity contribution >= 4 is 29.7 Å². The highest BCUT2D eigenvalue weighted by Crippen LogP contribution is 2.35. The Labute approximate surface area is 201 Å². The SMILES string of the molecule is C=CCOC(=O)N[C@@H]1C(=O)N2C(C(=O)OCC=C)=C(/C=C3\CCN(c4ccccn4)C3=O)OC[C@H]12. The average Bonchev–Trinajstić information content (AvgIpc) is 3.24. The van der Waals surface area contributed by atoms with Gasteiger partial charge in [0.2, 0.25) is 0 Å². The third-order valence-corrected chi connectivity index (χ3v) is 5.59. The molecule has 11 heteroatoms. The van der Waals surface area contributed by atoms with E-state index in [1.807, 2.05) is 0 Å². The van der Waals surface area contributed by atoms with E-state index in [0.717, 1.165) is 0 Å². The van der Waals surface area contributed by atoms with Gasteiger partial charge in [-0.15, -0.1) is 0 Å². The van der Waals surface area contributed by atoms with Gasteiger partial charge in [-0.1, -0.05) is 31.4 Å². The van der Waals surface area contributed by atoms with Gasteiger partial charge in [-0.05, 0) is 24.6 Å². The average molecular weight is 480 g/mol. The van der Waals surface area contributed by atoms with Crippen molar-refractivity contribution in [3.05, 3.63) is 72.8 Å². The minimum atomic E-state index is -0.934. The Hall–Kier alpha value is -4.41. The van der Waals surface area contributed by atoms with Gasteiger partial charge >= 0.3 is 12.1 Å². The molecule has 3 amide bonds. The molecule has 2 saturated heterocycles. The van der Waals surface area contributed by atoms with Gasteiger partial charge in [-0.25, -0.2) is 14.6 Å². The summed E-state index contributed by atoms with van der Waals surface area (Å²) in [6.07, 6.45) is 5.45. The topological polar surface area (TPSA) is 127 Å². The van der Waals surface area contributed by atoms with Crippen LogP contribution in [0.15, 0.2) is 72.8 Å². The minimum Gasteiger partial charge on any atom is -0.489 e. The minimum absolute atomic E-state index is 0.00631. The standard InChI is InChI=1S/C24H24N4O7/c1-3-11-33-23(31)20-17(13-15-8-10-27(21(15)29)18-7-5-6-9-25-18)35-14-16-19(22(30)28(16)20)26-24(32)34-12-4-2/h3-7,9,13,16,19H,1-2,8,10-12,14H2,(H,26,32)/b15-13+/t16-,19+/m1/s1. The second-order valence-corrected chi connectivity index (χ2v) is 7.76. The number of β-lactam (4-membered cyclic amide) rings is 1. The smallest absolute Gasteiger partial charge is 0.408 e. The lowest BCUT2D eigenvalue weighted by atomic mass is 9.92. The molecule has 2 atom stereocenters. The molecular weight excluding hydrogens is 456 g/mol. The van der Waals surface area contributed by atoms with Crippen LogP contribution in [-0.4, -0.2) is 72.2 Å². The van der Waals surface area contributed by atoms with Gasteiger partial charge in [0.15, 0.2) is 11.5 Å². The summed E-state index contributed by atoms with van der Waals surface area (Å²) in [6, 6.07) is 3.69. The number of nitrogens with one attached hydrogen (secondary N) is 1. The molecule has 0 bridgehead atoms. The van der Waals surface area contributed by atoms with E-state index in [-0.39, 0.29) is 37.2 Å². The van der Waals surface area contributed by atoms with Crippen LogP contribution in [0.25, 0.3) is 0 Å². The summed E-state index contributed by atoms with van der Waals surface area (Å²) in [5.41, 5.74) is 0.260. The van der Waals surface area contributed by atoms with Crippen molar-refractivity contribution < 1.29 is 33.4 Å². The van der Waals surface area contributed by atoms with E-state index in [4.69, 9.17) is 14.2 Å². The molecule has 0 saturated carbocycles. The second kappa shape index (κ2) is 10.2. The van der Waals surface area contributed by atoms with Crippen molar-refractivity contribution in [3.63, 3.8) is 0 Å². The van der Waals surface area contributed by atoms with Crippen LogP contribution >= 0.6 is 0 Å². The highest BCUT2D eigenvalue weighted by molar-refractivity contribution is 6.08. The second-order valence-electron chi connectivity index (χ2n) is 7.76. The van der Waals surface area contributed by atoms with Crippen molar-refractivity contribution in [1.29, 1.82) is 0 Å². The molecule has 3 aliphatic heterocycles. The van der Waals surface area contributed by atoms with Gasteiger partial charge in [-0.2, -0.15) is 0 Å². The number of hydrogen-bond acceptors (Lipinski definition) is 8. The highest BCUT2D eigenvalue weighted by Gasteiger charge is 2.55. The number of pyridine rings is 1. The van der Waals surface area contributed by atoms with E-state index in [0.29, 0.717) is 24.4 Å². The molecule has 2 fully saturated rings. The molecule has 0 aliphatic carbocycles. The van der Waals surface area contributed by atoms with Crippen molar-refractivity contribution in [2.75, 3.05) is 31.3 Å². The summed E-state index contributed by atoms with van der Waals surface area (Å²) in [7, 11) is 0. The Morgan fingerprint density at radius 2 is 1.97 bits per heavy atom. The number of ether oxygens (including phenoxy) is 3. The molecule has 1 aromatic rings. The van der Waals surface area contributed by atoms with Crippen LogP contribution in [-0.2, 0) is 28.6 Å². The van der Waals surface area contributed by atoms with Crippen LogP contribution in [0.3, 0.4) is 0 Å². The number of rotatable bonds is 8. The normalized spacial score (nSPS) is 22.2. The summed E-state index contributed by atoms with van der Waals surface area (Å²) in [5, 5.41) is 2.47. The Bertz CT molecular complexity index is 1130. The summed E-state index contributed by atoms with van der Waals surface area (Å²) in [6.45, 7) is 7.28. The zero-order valence-corrected chi connectivity index (χ0v) is 18.8. The number of esters is 1. The maximum absolute atomic E-state index is 13.0. The summed E-state index contributed by atoms with van der Waals surface area (Å²) >= 11 is 0. The number of anilines is 1. The molecule has 0 spiro atoms. The number of carbonyl (C=O) groups excluding carboxylic acids is 4. The molecule has 4 rings (SSSR count). The Morgan fingerprint density at radius 3 is 2.69 bits per heavy atom. The Morgan fingerprint density at radius 1 is 1.20 bits per heavy atom. The molecule has 3 aliphatic rings. The summed E-state index contributed by atoms with van der Waals surface area (Å²) in [4.78, 5) is 57.6. The molecular formula is C24H24N4O7. The third-order valence-electron chi connectivity index (χ3n) is 5.59. The monoisotopic (exact) mass is 480 g/mol. The lowest BCUT2D eigenvalue weighted by Crippen LogP contribution is -2.73. The number of amides is 3. The molecule has 1 aromatic heterocycles. The molecule has 4 heterocycles. The molecule has 182 valence electrons. The van der Waals surface area contributed by atoms with Crippen LogP contribution in [0.5, 0.6) is 0 Å². The first-order chi connectivity index (χ1) is 17.0. The molecule has 0 aromatic carbocycles. The van der Waals surface area contributed by atoms with Crippen LogP contribution < -0.4 is 10.2 Å². The van der Waals surface area contributed by atoms with Gasteiger partial charge in [0.05, 0.1) is 0 Å².